The lowest BCUT2D eigenvalue weighted by Gasteiger charge is -2.16. The summed E-state index contributed by atoms with van der Waals surface area (Å²) in [5.74, 6) is 0.156. The molecule has 1 N–H and O–H groups in total. The summed E-state index contributed by atoms with van der Waals surface area (Å²) in [7, 11) is 0. The van der Waals surface area contributed by atoms with Crippen LogP contribution in [-0.4, -0.2) is 11.1 Å². The smallest absolute Gasteiger partial charge is 0.271 e. The molecule has 0 saturated carbocycles. The van der Waals surface area contributed by atoms with Crippen LogP contribution in [0.3, 0.4) is 0 Å². The molecule has 28 heavy (non-hydrogen) atoms. The van der Waals surface area contributed by atoms with Gasteiger partial charge < -0.3 is 4.42 Å². The van der Waals surface area contributed by atoms with Gasteiger partial charge in [-0.3, -0.25) is 15.1 Å². The van der Waals surface area contributed by atoms with Gasteiger partial charge in [0.2, 0.25) is 0 Å². The third-order valence-corrected chi connectivity index (χ3v) is 5.41. The Morgan fingerprint density at radius 2 is 1.93 bits per heavy atom. The van der Waals surface area contributed by atoms with E-state index in [1.807, 2.05) is 0 Å². The van der Waals surface area contributed by atoms with Crippen molar-refractivity contribution in [2.45, 2.75) is 0 Å². The van der Waals surface area contributed by atoms with Crippen LogP contribution in [0, 0.1) is 11.2 Å². The van der Waals surface area contributed by atoms with Gasteiger partial charge in [0, 0.05) is 16.7 Å². The third-order valence-electron chi connectivity index (χ3n) is 3.98. The minimum Gasteiger partial charge on any atom is -0.457 e. The number of halogens is 3. The first kappa shape index (κ1) is 18.8. The highest BCUT2D eigenvalue weighted by Crippen LogP contribution is 2.39. The molecule has 0 radical (unpaired) electrons. The van der Waals surface area contributed by atoms with Crippen LogP contribution in [0.4, 0.5) is 10.1 Å². The zero-order valence-electron chi connectivity index (χ0n) is 14.1. The summed E-state index contributed by atoms with van der Waals surface area (Å²) in [6.07, 6.45) is 1.55. The summed E-state index contributed by atoms with van der Waals surface area (Å²) in [5, 5.41) is 8.89. The zero-order valence-corrected chi connectivity index (χ0v) is 16.4. The first-order valence-corrected chi connectivity index (χ1v) is 9.63. The van der Waals surface area contributed by atoms with Gasteiger partial charge in [0.15, 0.2) is 5.17 Å². The first-order valence-electron chi connectivity index (χ1n) is 8.06. The van der Waals surface area contributed by atoms with Gasteiger partial charge in [-0.25, -0.2) is 4.39 Å². The highest BCUT2D eigenvalue weighted by molar-refractivity contribution is 8.19. The highest BCUT2D eigenvalue weighted by atomic mass is 35.5. The van der Waals surface area contributed by atoms with Crippen molar-refractivity contribution < 1.29 is 13.6 Å². The Labute approximate surface area is 174 Å². The maximum absolute atomic E-state index is 13.4. The van der Waals surface area contributed by atoms with Crippen molar-refractivity contribution in [1.29, 1.82) is 5.41 Å². The Balaban J connectivity index is 1.63. The van der Waals surface area contributed by atoms with E-state index in [9.17, 15) is 9.18 Å². The molecule has 2 heterocycles. The van der Waals surface area contributed by atoms with Crippen molar-refractivity contribution in [3.63, 3.8) is 0 Å². The van der Waals surface area contributed by atoms with Gasteiger partial charge in [-0.05, 0) is 54.2 Å². The maximum atomic E-state index is 13.4. The average Bonchev–Trinajstić information content (AvgIpc) is 3.21. The fourth-order valence-electron chi connectivity index (χ4n) is 2.72. The second-order valence-corrected chi connectivity index (χ2v) is 7.74. The van der Waals surface area contributed by atoms with E-state index in [1.54, 1.807) is 42.5 Å². The lowest BCUT2D eigenvalue weighted by atomic mass is 10.2. The van der Waals surface area contributed by atoms with E-state index in [1.165, 1.54) is 23.1 Å². The van der Waals surface area contributed by atoms with Gasteiger partial charge in [-0.1, -0.05) is 35.3 Å². The number of nitrogens with one attached hydrogen (secondary N) is 1. The number of amidine groups is 1. The van der Waals surface area contributed by atoms with E-state index in [4.69, 9.17) is 33.0 Å². The molecule has 140 valence electrons. The van der Waals surface area contributed by atoms with E-state index in [0.29, 0.717) is 32.7 Å². The molecule has 4 nitrogen and oxygen atoms in total. The molecule has 1 aromatic heterocycles. The quantitative estimate of drug-likeness (QED) is 0.483. The largest absolute Gasteiger partial charge is 0.457 e. The fraction of sp³-hybridized carbons (Fsp3) is 0. The molecule has 1 saturated heterocycles. The molecular weight excluding hydrogens is 422 g/mol. The molecule has 1 aliphatic rings. The Kier molecular flexibility index (Phi) is 5.02. The number of rotatable bonds is 3. The molecule has 8 heteroatoms. The van der Waals surface area contributed by atoms with Gasteiger partial charge in [-0.15, -0.1) is 0 Å². The summed E-state index contributed by atoms with van der Waals surface area (Å²) in [6.45, 7) is 0. The first-order chi connectivity index (χ1) is 13.4. The zero-order chi connectivity index (χ0) is 19.8. The van der Waals surface area contributed by atoms with Crippen LogP contribution in [0.5, 0.6) is 0 Å². The number of carbonyl (C=O) groups is 1. The predicted octanol–water partition coefficient (Wildman–Crippen LogP) is 6.45. The van der Waals surface area contributed by atoms with Crippen LogP contribution < -0.4 is 4.90 Å². The number of hydrogen-bond acceptors (Lipinski definition) is 4. The van der Waals surface area contributed by atoms with Crippen LogP contribution in [0.15, 0.2) is 63.9 Å². The monoisotopic (exact) mass is 432 g/mol. The van der Waals surface area contributed by atoms with Crippen LogP contribution in [0.1, 0.15) is 5.76 Å². The number of furan rings is 1. The number of anilines is 1. The molecule has 4 rings (SSSR count). The molecule has 1 aliphatic heterocycles. The minimum absolute atomic E-state index is 0.0254. The second kappa shape index (κ2) is 7.47. The number of benzene rings is 2. The number of nitrogens with zero attached hydrogens (tertiary/aromatic N) is 1. The van der Waals surface area contributed by atoms with Crippen molar-refractivity contribution in [2.75, 3.05) is 4.90 Å². The van der Waals surface area contributed by atoms with Crippen LogP contribution >= 0.6 is 35.0 Å². The average molecular weight is 433 g/mol. The van der Waals surface area contributed by atoms with E-state index >= 15 is 0 Å². The maximum Gasteiger partial charge on any atom is 0.271 e. The molecular formula is C20H11Cl2FN2O2S. The number of amides is 1. The van der Waals surface area contributed by atoms with Crippen molar-refractivity contribution >= 4 is 57.8 Å². The summed E-state index contributed by atoms with van der Waals surface area (Å²) < 4.78 is 19.1. The van der Waals surface area contributed by atoms with Crippen molar-refractivity contribution in [2.24, 2.45) is 0 Å². The Hall–Kier alpha value is -2.54. The van der Waals surface area contributed by atoms with Crippen LogP contribution in [0.25, 0.3) is 17.4 Å². The number of thioether (sulfide) groups is 1. The van der Waals surface area contributed by atoms with Crippen LogP contribution in [0.2, 0.25) is 10.0 Å². The van der Waals surface area contributed by atoms with Crippen molar-refractivity contribution in [3.8, 4) is 11.3 Å². The molecule has 0 spiro atoms. The molecule has 0 bridgehead atoms. The summed E-state index contributed by atoms with van der Waals surface area (Å²) in [5.41, 5.74) is 0.981. The lowest BCUT2D eigenvalue weighted by Crippen LogP contribution is -2.28. The normalized spacial score (nSPS) is 15.7. The van der Waals surface area contributed by atoms with Crippen LogP contribution in [-0.2, 0) is 4.79 Å². The fourth-order valence-corrected chi connectivity index (χ4v) is 4.05. The Morgan fingerprint density at radius 3 is 2.68 bits per heavy atom. The van der Waals surface area contributed by atoms with Gasteiger partial charge in [0.05, 0.1) is 15.6 Å². The number of carbonyl (C=O) groups excluding carboxylic acids is 1. The van der Waals surface area contributed by atoms with Gasteiger partial charge in [0.1, 0.15) is 17.3 Å². The molecule has 1 amide bonds. The molecule has 1 fully saturated rings. The molecule has 3 aromatic rings. The second-order valence-electron chi connectivity index (χ2n) is 5.86. The third kappa shape index (κ3) is 3.58. The Bertz CT molecular complexity index is 1140. The summed E-state index contributed by atoms with van der Waals surface area (Å²) in [4.78, 5) is 14.3. The van der Waals surface area contributed by atoms with Gasteiger partial charge in [-0.2, -0.15) is 0 Å². The minimum atomic E-state index is -0.386. The number of hydrogen-bond donors (Lipinski definition) is 1. The summed E-state index contributed by atoms with van der Waals surface area (Å²) in [6, 6.07) is 14.1. The molecule has 0 unspecified atom stereocenters. The van der Waals surface area contributed by atoms with Crippen molar-refractivity contribution in [1.82, 2.24) is 0 Å². The van der Waals surface area contributed by atoms with E-state index < -0.39 is 0 Å². The standard InChI is InChI=1S/C20H11Cl2FN2O2S/c21-12-4-6-16(15(22)9-12)25-19(26)18(28-20(25)24)10-14-5-7-17(27-14)11-2-1-3-13(23)8-11/h1-10,24H/b18-10+,24-20?. The van der Waals surface area contributed by atoms with Gasteiger partial charge >= 0.3 is 0 Å². The van der Waals surface area contributed by atoms with E-state index in [2.05, 4.69) is 0 Å². The highest BCUT2D eigenvalue weighted by Gasteiger charge is 2.35. The van der Waals surface area contributed by atoms with Gasteiger partial charge in [0.25, 0.3) is 5.91 Å². The molecule has 0 aliphatic carbocycles. The SMILES string of the molecule is N=C1S/C(=C/c2ccc(-c3cccc(F)c3)o2)C(=O)N1c1ccc(Cl)cc1Cl. The molecule has 0 atom stereocenters. The van der Waals surface area contributed by atoms with E-state index in [-0.39, 0.29) is 21.9 Å². The molecule has 2 aromatic carbocycles. The topological polar surface area (TPSA) is 57.3 Å². The predicted molar refractivity (Wildman–Crippen MR) is 111 cm³/mol. The van der Waals surface area contributed by atoms with Crippen molar-refractivity contribution in [3.05, 3.63) is 81.1 Å². The lowest BCUT2D eigenvalue weighted by molar-refractivity contribution is -0.113. The Morgan fingerprint density at radius 1 is 1.11 bits per heavy atom. The van der Waals surface area contributed by atoms with E-state index in [0.717, 1.165) is 11.8 Å². The summed E-state index contributed by atoms with van der Waals surface area (Å²) >= 11 is 13.1.